The number of carboxylic acids is 1. The molecule has 2 N–H and O–H groups in total. The Labute approximate surface area is 129 Å². The molecule has 2 aromatic rings. The van der Waals surface area contributed by atoms with Crippen molar-refractivity contribution in [2.24, 2.45) is 0 Å². The highest BCUT2D eigenvalue weighted by atomic mass is 16.5. The third-order valence-corrected chi connectivity index (χ3v) is 3.33. The maximum atomic E-state index is 11.0. The maximum absolute atomic E-state index is 11.0. The van der Waals surface area contributed by atoms with Gasteiger partial charge < -0.3 is 14.9 Å². The smallest absolute Gasteiger partial charge is 0.320 e. The van der Waals surface area contributed by atoms with E-state index in [9.17, 15) is 4.79 Å². The predicted molar refractivity (Wildman–Crippen MR) is 82.4 cm³/mol. The molecule has 1 aromatic carbocycles. The lowest BCUT2D eigenvalue weighted by Gasteiger charge is -2.12. The van der Waals surface area contributed by atoms with Gasteiger partial charge in [0.2, 0.25) is 11.7 Å². The van der Waals surface area contributed by atoms with Crippen LogP contribution in [0.5, 0.6) is 0 Å². The van der Waals surface area contributed by atoms with Crippen LogP contribution in [-0.2, 0) is 11.2 Å². The molecule has 0 aliphatic heterocycles. The fraction of sp³-hybridized carbons (Fsp3) is 0.438. The number of nitrogens with zero attached hydrogens (tertiary/aromatic N) is 2. The van der Waals surface area contributed by atoms with Crippen molar-refractivity contribution in [1.82, 2.24) is 15.5 Å². The quantitative estimate of drug-likeness (QED) is 0.692. The van der Waals surface area contributed by atoms with E-state index in [1.807, 2.05) is 37.3 Å². The van der Waals surface area contributed by atoms with E-state index in [0.717, 1.165) is 18.4 Å². The summed E-state index contributed by atoms with van der Waals surface area (Å²) in [7, 11) is 0. The van der Waals surface area contributed by atoms with Gasteiger partial charge in [0.05, 0.1) is 0 Å². The molecule has 0 bridgehead atoms. The number of aliphatic carboxylic acids is 1. The van der Waals surface area contributed by atoms with E-state index in [1.165, 1.54) is 0 Å². The minimum atomic E-state index is -0.800. The number of carbonyl (C=O) groups is 1. The van der Waals surface area contributed by atoms with Crippen LogP contribution in [-0.4, -0.2) is 33.8 Å². The normalized spacial score (nSPS) is 12.2. The van der Waals surface area contributed by atoms with Gasteiger partial charge in [-0.05, 0) is 19.4 Å². The van der Waals surface area contributed by atoms with Crippen molar-refractivity contribution in [3.05, 3.63) is 36.2 Å². The van der Waals surface area contributed by atoms with Crippen LogP contribution in [0.1, 0.15) is 32.1 Å². The van der Waals surface area contributed by atoms with Crippen LogP contribution in [0.4, 0.5) is 0 Å². The molecular formula is C16H21N3O3. The van der Waals surface area contributed by atoms with Gasteiger partial charge in [0.15, 0.2) is 0 Å². The number of aryl methyl sites for hydroxylation is 1. The van der Waals surface area contributed by atoms with Crippen molar-refractivity contribution in [2.75, 3.05) is 6.54 Å². The van der Waals surface area contributed by atoms with Crippen LogP contribution in [0.3, 0.4) is 0 Å². The van der Waals surface area contributed by atoms with Crippen molar-refractivity contribution < 1.29 is 14.4 Å². The monoisotopic (exact) mass is 303 g/mol. The van der Waals surface area contributed by atoms with Crippen molar-refractivity contribution in [3.8, 4) is 11.4 Å². The van der Waals surface area contributed by atoms with Crippen molar-refractivity contribution in [2.45, 2.75) is 38.6 Å². The molecule has 1 aromatic heterocycles. The summed E-state index contributed by atoms with van der Waals surface area (Å²) < 4.78 is 5.22. The average molecular weight is 303 g/mol. The van der Waals surface area contributed by atoms with Gasteiger partial charge in [-0.25, -0.2) is 0 Å². The number of nitrogens with one attached hydrogen (secondary N) is 1. The van der Waals surface area contributed by atoms with Crippen molar-refractivity contribution in [1.29, 1.82) is 0 Å². The van der Waals surface area contributed by atoms with E-state index in [0.29, 0.717) is 31.1 Å². The molecule has 2 rings (SSSR count). The molecule has 118 valence electrons. The Morgan fingerprint density at radius 3 is 2.82 bits per heavy atom. The van der Waals surface area contributed by atoms with Crippen LogP contribution >= 0.6 is 0 Å². The molecule has 1 unspecified atom stereocenters. The van der Waals surface area contributed by atoms with Gasteiger partial charge in [-0.2, -0.15) is 4.98 Å². The fourth-order valence-corrected chi connectivity index (χ4v) is 2.18. The highest BCUT2D eigenvalue weighted by molar-refractivity contribution is 5.73. The molecule has 22 heavy (non-hydrogen) atoms. The van der Waals surface area contributed by atoms with Crippen molar-refractivity contribution in [3.63, 3.8) is 0 Å². The zero-order valence-electron chi connectivity index (χ0n) is 12.7. The molecule has 0 radical (unpaired) electrons. The second-order valence-corrected chi connectivity index (χ2v) is 5.11. The van der Waals surface area contributed by atoms with Crippen molar-refractivity contribution >= 4 is 5.97 Å². The van der Waals surface area contributed by atoms with E-state index in [2.05, 4.69) is 15.5 Å². The molecule has 0 spiro atoms. The minimum absolute atomic E-state index is 0.479. The summed E-state index contributed by atoms with van der Waals surface area (Å²) in [6, 6.07) is 9.17. The number of rotatable bonds is 9. The van der Waals surface area contributed by atoms with Gasteiger partial charge in [-0.3, -0.25) is 4.79 Å². The minimum Gasteiger partial charge on any atom is -0.480 e. The molecule has 0 aliphatic rings. The van der Waals surface area contributed by atoms with Crippen LogP contribution in [0, 0.1) is 0 Å². The number of aromatic nitrogens is 2. The highest BCUT2D eigenvalue weighted by Crippen LogP contribution is 2.15. The van der Waals surface area contributed by atoms with E-state index >= 15 is 0 Å². The molecule has 0 aliphatic carbocycles. The summed E-state index contributed by atoms with van der Waals surface area (Å²) in [6.45, 7) is 2.58. The number of benzene rings is 1. The zero-order chi connectivity index (χ0) is 15.8. The predicted octanol–water partition coefficient (Wildman–Crippen LogP) is 2.51. The topological polar surface area (TPSA) is 88.3 Å². The summed E-state index contributed by atoms with van der Waals surface area (Å²) in [6.07, 6.45) is 2.86. The van der Waals surface area contributed by atoms with E-state index in [-0.39, 0.29) is 0 Å². The second kappa shape index (κ2) is 8.29. The lowest BCUT2D eigenvalue weighted by molar-refractivity contribution is -0.139. The molecule has 1 atom stereocenters. The molecular weight excluding hydrogens is 282 g/mol. The summed E-state index contributed by atoms with van der Waals surface area (Å²) in [5.74, 6) is 0.354. The SMILES string of the molecule is CCCC(NCCCc1nc(-c2ccccc2)no1)C(=O)O. The third-order valence-electron chi connectivity index (χ3n) is 3.33. The number of carboxylic acid groups (broad SMARTS) is 1. The average Bonchev–Trinajstić information content (AvgIpc) is 3.00. The van der Waals surface area contributed by atoms with Gasteiger partial charge in [0, 0.05) is 12.0 Å². The Morgan fingerprint density at radius 2 is 2.14 bits per heavy atom. The Kier molecular flexibility index (Phi) is 6.09. The van der Waals surface area contributed by atoms with Gasteiger partial charge in [0.1, 0.15) is 6.04 Å². The Morgan fingerprint density at radius 1 is 1.36 bits per heavy atom. The molecule has 6 heteroatoms. The lowest BCUT2D eigenvalue weighted by atomic mass is 10.1. The highest BCUT2D eigenvalue weighted by Gasteiger charge is 2.15. The number of hydrogen-bond donors (Lipinski definition) is 2. The van der Waals surface area contributed by atoms with Gasteiger partial charge >= 0.3 is 5.97 Å². The summed E-state index contributed by atoms with van der Waals surface area (Å²) in [5, 5.41) is 16.0. The Bertz CT molecular complexity index is 583. The molecule has 1 heterocycles. The first kappa shape index (κ1) is 16.2. The molecule has 0 amide bonds. The molecule has 0 saturated heterocycles. The fourth-order valence-electron chi connectivity index (χ4n) is 2.18. The maximum Gasteiger partial charge on any atom is 0.320 e. The van der Waals surface area contributed by atoms with Crippen LogP contribution in [0.25, 0.3) is 11.4 Å². The first-order chi connectivity index (χ1) is 10.7. The Balaban J connectivity index is 1.78. The van der Waals surface area contributed by atoms with Gasteiger partial charge in [-0.15, -0.1) is 0 Å². The molecule has 6 nitrogen and oxygen atoms in total. The van der Waals surface area contributed by atoms with Crippen LogP contribution in [0.2, 0.25) is 0 Å². The summed E-state index contributed by atoms with van der Waals surface area (Å²) in [4.78, 5) is 15.4. The summed E-state index contributed by atoms with van der Waals surface area (Å²) >= 11 is 0. The van der Waals surface area contributed by atoms with Crippen LogP contribution in [0.15, 0.2) is 34.9 Å². The Hall–Kier alpha value is -2.21. The standard InChI is InChI=1S/C16H21N3O3/c1-2-7-13(16(20)21)17-11-6-10-14-18-15(19-22-14)12-8-4-3-5-9-12/h3-5,8-9,13,17H,2,6-7,10-11H2,1H3,(H,20,21). The van der Waals surface area contributed by atoms with Gasteiger partial charge in [-0.1, -0.05) is 48.8 Å². The lowest BCUT2D eigenvalue weighted by Crippen LogP contribution is -2.37. The largest absolute Gasteiger partial charge is 0.480 e. The van der Waals surface area contributed by atoms with E-state index < -0.39 is 12.0 Å². The summed E-state index contributed by atoms with van der Waals surface area (Å²) in [5.41, 5.74) is 0.921. The number of hydrogen-bond acceptors (Lipinski definition) is 5. The first-order valence-electron chi connectivity index (χ1n) is 7.55. The van der Waals surface area contributed by atoms with Crippen LogP contribution < -0.4 is 5.32 Å². The van der Waals surface area contributed by atoms with Gasteiger partial charge in [0.25, 0.3) is 0 Å². The molecule has 0 fully saturated rings. The molecule has 0 saturated carbocycles. The third kappa shape index (κ3) is 4.66. The first-order valence-corrected chi connectivity index (χ1v) is 7.55. The van der Waals surface area contributed by atoms with E-state index in [1.54, 1.807) is 0 Å². The second-order valence-electron chi connectivity index (χ2n) is 5.11. The van der Waals surface area contributed by atoms with E-state index in [4.69, 9.17) is 9.63 Å². The zero-order valence-corrected chi connectivity index (χ0v) is 12.7.